The summed E-state index contributed by atoms with van der Waals surface area (Å²) in [6, 6.07) is 12.8. The van der Waals surface area contributed by atoms with Crippen LogP contribution in [-0.2, 0) is 13.1 Å². The molecule has 1 aliphatic heterocycles. The lowest BCUT2D eigenvalue weighted by molar-refractivity contribution is 0.148. The molecule has 8 heteroatoms. The van der Waals surface area contributed by atoms with Gasteiger partial charge in [-0.3, -0.25) is 14.5 Å². The van der Waals surface area contributed by atoms with Crippen molar-refractivity contribution < 1.29 is 4.39 Å². The quantitative estimate of drug-likeness (QED) is 0.505. The summed E-state index contributed by atoms with van der Waals surface area (Å²) in [5, 5.41) is 3.26. The van der Waals surface area contributed by atoms with Crippen molar-refractivity contribution in [2.24, 2.45) is 0 Å². The standard InChI is InChI=1S/C24H26FN7/c1-30-8-10-31(11-9-30)16-19-4-7-21-22(12-19)32(17-28-21)24-15-26-14-23(29-24)27-13-18-2-5-20(25)6-3-18/h2-7,12,14-15,17H,8-11,13,16H2,1H3,(H,27,29). The van der Waals surface area contributed by atoms with E-state index in [0.29, 0.717) is 18.2 Å². The normalized spacial score (nSPS) is 15.3. The predicted octanol–water partition coefficient (Wildman–Crippen LogP) is 3.31. The molecular weight excluding hydrogens is 405 g/mol. The van der Waals surface area contributed by atoms with Crippen LogP contribution in [0.3, 0.4) is 0 Å². The van der Waals surface area contributed by atoms with Crippen molar-refractivity contribution in [2.45, 2.75) is 13.1 Å². The highest BCUT2D eigenvalue weighted by atomic mass is 19.1. The first kappa shape index (κ1) is 20.5. The average Bonchev–Trinajstić information content (AvgIpc) is 3.24. The Balaban J connectivity index is 1.34. The molecule has 0 amide bonds. The average molecular weight is 432 g/mol. The maximum atomic E-state index is 13.1. The molecule has 2 aromatic heterocycles. The van der Waals surface area contributed by atoms with Crippen LogP contribution in [0.15, 0.2) is 61.2 Å². The van der Waals surface area contributed by atoms with Gasteiger partial charge >= 0.3 is 0 Å². The van der Waals surface area contributed by atoms with Crippen LogP contribution in [-0.4, -0.2) is 62.5 Å². The molecule has 32 heavy (non-hydrogen) atoms. The van der Waals surface area contributed by atoms with E-state index in [-0.39, 0.29) is 5.82 Å². The molecule has 1 aliphatic rings. The molecule has 4 aromatic rings. The number of aromatic nitrogens is 4. The zero-order chi connectivity index (χ0) is 21.9. The summed E-state index contributed by atoms with van der Waals surface area (Å²) in [6.07, 6.45) is 5.21. The molecule has 0 aliphatic carbocycles. The van der Waals surface area contributed by atoms with Gasteiger partial charge < -0.3 is 10.2 Å². The van der Waals surface area contributed by atoms with E-state index in [1.54, 1.807) is 30.9 Å². The van der Waals surface area contributed by atoms with Crippen LogP contribution in [0.4, 0.5) is 10.2 Å². The smallest absolute Gasteiger partial charge is 0.159 e. The van der Waals surface area contributed by atoms with Crippen molar-refractivity contribution >= 4 is 16.9 Å². The third kappa shape index (κ3) is 4.61. The van der Waals surface area contributed by atoms with Gasteiger partial charge in [-0.1, -0.05) is 18.2 Å². The molecule has 1 N–H and O–H groups in total. The Bertz CT molecular complexity index is 1200. The number of imidazole rings is 1. The molecule has 0 saturated carbocycles. The number of hydrogen-bond donors (Lipinski definition) is 1. The zero-order valence-corrected chi connectivity index (χ0v) is 18.1. The lowest BCUT2D eigenvalue weighted by Crippen LogP contribution is -2.43. The van der Waals surface area contributed by atoms with E-state index in [0.717, 1.165) is 49.3 Å². The van der Waals surface area contributed by atoms with Gasteiger partial charge in [-0.25, -0.2) is 14.4 Å². The number of hydrogen-bond acceptors (Lipinski definition) is 6. The molecule has 5 rings (SSSR count). The lowest BCUT2D eigenvalue weighted by atomic mass is 10.1. The number of anilines is 1. The summed E-state index contributed by atoms with van der Waals surface area (Å²) in [5.41, 5.74) is 4.18. The molecular formula is C24H26FN7. The predicted molar refractivity (Wildman–Crippen MR) is 123 cm³/mol. The largest absolute Gasteiger partial charge is 0.365 e. The van der Waals surface area contributed by atoms with Crippen molar-refractivity contribution in [3.63, 3.8) is 0 Å². The van der Waals surface area contributed by atoms with Crippen molar-refractivity contribution in [1.82, 2.24) is 29.3 Å². The van der Waals surface area contributed by atoms with Crippen molar-refractivity contribution in [3.8, 4) is 5.82 Å². The van der Waals surface area contributed by atoms with Gasteiger partial charge in [0.15, 0.2) is 5.82 Å². The maximum absolute atomic E-state index is 13.1. The first-order valence-corrected chi connectivity index (χ1v) is 10.8. The fraction of sp³-hybridized carbons (Fsp3) is 0.292. The van der Waals surface area contributed by atoms with Crippen LogP contribution in [0.1, 0.15) is 11.1 Å². The van der Waals surface area contributed by atoms with Gasteiger partial charge in [0.05, 0.1) is 23.4 Å². The van der Waals surface area contributed by atoms with Crippen molar-refractivity contribution in [2.75, 3.05) is 38.5 Å². The summed E-state index contributed by atoms with van der Waals surface area (Å²) in [6.45, 7) is 5.85. The highest BCUT2D eigenvalue weighted by Gasteiger charge is 2.15. The number of likely N-dealkylation sites (N-methyl/N-ethyl adjacent to an activating group) is 1. The second-order valence-electron chi connectivity index (χ2n) is 8.26. The molecule has 0 radical (unpaired) electrons. The Morgan fingerprint density at radius 1 is 0.969 bits per heavy atom. The Morgan fingerprint density at radius 2 is 1.75 bits per heavy atom. The second kappa shape index (κ2) is 9.02. The number of piperazine rings is 1. The van der Waals surface area contributed by atoms with E-state index in [1.807, 2.05) is 4.57 Å². The summed E-state index contributed by atoms with van der Waals surface area (Å²) in [5.74, 6) is 1.12. The fourth-order valence-electron chi connectivity index (χ4n) is 3.95. The Morgan fingerprint density at radius 3 is 2.56 bits per heavy atom. The third-order valence-electron chi connectivity index (χ3n) is 5.87. The van der Waals surface area contributed by atoms with E-state index in [1.165, 1.54) is 17.7 Å². The number of fused-ring (bicyclic) bond motifs is 1. The monoisotopic (exact) mass is 431 g/mol. The van der Waals surface area contributed by atoms with Gasteiger partial charge in [0.2, 0.25) is 0 Å². The second-order valence-corrected chi connectivity index (χ2v) is 8.26. The number of nitrogens with one attached hydrogen (secondary N) is 1. The number of rotatable bonds is 6. The molecule has 3 heterocycles. The van der Waals surface area contributed by atoms with Gasteiger partial charge in [-0.2, -0.15) is 0 Å². The maximum Gasteiger partial charge on any atom is 0.159 e. The van der Waals surface area contributed by atoms with E-state index in [4.69, 9.17) is 4.98 Å². The minimum Gasteiger partial charge on any atom is -0.365 e. The van der Waals surface area contributed by atoms with Crippen LogP contribution in [0.5, 0.6) is 0 Å². The molecule has 2 aromatic carbocycles. The van der Waals surface area contributed by atoms with Crippen LogP contribution < -0.4 is 5.32 Å². The Labute approximate surface area is 186 Å². The number of halogens is 1. The minimum atomic E-state index is -0.241. The molecule has 0 unspecified atom stereocenters. The summed E-state index contributed by atoms with van der Waals surface area (Å²) >= 11 is 0. The fourth-order valence-corrected chi connectivity index (χ4v) is 3.95. The SMILES string of the molecule is CN1CCN(Cc2ccc3ncn(-c4cncc(NCc5ccc(F)cc5)n4)c3c2)CC1. The van der Waals surface area contributed by atoms with Crippen LogP contribution in [0, 0.1) is 5.82 Å². The van der Waals surface area contributed by atoms with Crippen molar-refractivity contribution in [3.05, 3.63) is 78.1 Å². The Kier molecular flexibility index (Phi) is 5.79. The first-order valence-electron chi connectivity index (χ1n) is 10.8. The molecule has 0 atom stereocenters. The van der Waals surface area contributed by atoms with Crippen LogP contribution >= 0.6 is 0 Å². The topological polar surface area (TPSA) is 62.1 Å². The summed E-state index contributed by atoms with van der Waals surface area (Å²) in [4.78, 5) is 18.5. The van der Waals surface area contributed by atoms with Crippen molar-refractivity contribution in [1.29, 1.82) is 0 Å². The van der Waals surface area contributed by atoms with E-state index in [2.05, 4.69) is 50.3 Å². The van der Waals surface area contributed by atoms with Gasteiger partial charge in [0.1, 0.15) is 18.0 Å². The molecule has 1 fully saturated rings. The molecule has 0 spiro atoms. The first-order chi connectivity index (χ1) is 15.6. The molecule has 0 bridgehead atoms. The lowest BCUT2D eigenvalue weighted by Gasteiger charge is -2.32. The number of benzene rings is 2. The van der Waals surface area contributed by atoms with Crippen LogP contribution in [0.25, 0.3) is 16.9 Å². The van der Waals surface area contributed by atoms with E-state index in [9.17, 15) is 4.39 Å². The van der Waals surface area contributed by atoms with Gasteiger partial charge in [0.25, 0.3) is 0 Å². The zero-order valence-electron chi connectivity index (χ0n) is 18.1. The summed E-state index contributed by atoms with van der Waals surface area (Å²) in [7, 11) is 2.17. The minimum absolute atomic E-state index is 0.241. The molecule has 1 saturated heterocycles. The van der Waals surface area contributed by atoms with Gasteiger partial charge in [-0.05, 0) is 42.4 Å². The number of nitrogens with zero attached hydrogens (tertiary/aromatic N) is 6. The highest BCUT2D eigenvalue weighted by Crippen LogP contribution is 2.20. The molecule has 164 valence electrons. The molecule has 7 nitrogen and oxygen atoms in total. The summed E-state index contributed by atoms with van der Waals surface area (Å²) < 4.78 is 15.1. The third-order valence-corrected chi connectivity index (χ3v) is 5.87. The van der Waals surface area contributed by atoms with E-state index >= 15 is 0 Å². The van der Waals surface area contributed by atoms with Crippen LogP contribution in [0.2, 0.25) is 0 Å². The van der Waals surface area contributed by atoms with E-state index < -0.39 is 0 Å². The highest BCUT2D eigenvalue weighted by molar-refractivity contribution is 5.77. The van der Waals surface area contributed by atoms with Gasteiger partial charge in [0, 0.05) is 39.3 Å². The Hall–Kier alpha value is -3.36. The van der Waals surface area contributed by atoms with Gasteiger partial charge in [-0.15, -0.1) is 0 Å².